The van der Waals surface area contributed by atoms with Gasteiger partial charge < -0.3 is 5.73 Å². The second kappa shape index (κ2) is 5.02. The van der Waals surface area contributed by atoms with Gasteiger partial charge in [-0.2, -0.15) is 0 Å². The minimum Gasteiger partial charge on any atom is -0.399 e. The first-order chi connectivity index (χ1) is 8.88. The fraction of sp³-hybridized carbons (Fsp3) is 0. The molecule has 0 aliphatic heterocycles. The SMILES string of the molecule is Nc1ccc(Cl)c(S(=O)(=O)Nc2ccc(F)cn2)c1. The molecule has 0 aliphatic rings. The Labute approximate surface area is 114 Å². The second-order valence-electron chi connectivity index (χ2n) is 3.66. The van der Waals surface area contributed by atoms with E-state index >= 15 is 0 Å². The van der Waals surface area contributed by atoms with Gasteiger partial charge in [0.25, 0.3) is 10.0 Å². The number of pyridine rings is 1. The van der Waals surface area contributed by atoms with Crippen LogP contribution in [0.15, 0.2) is 41.4 Å². The monoisotopic (exact) mass is 301 g/mol. The van der Waals surface area contributed by atoms with E-state index in [4.69, 9.17) is 17.3 Å². The topological polar surface area (TPSA) is 85.1 Å². The van der Waals surface area contributed by atoms with Gasteiger partial charge in [0.05, 0.1) is 11.2 Å². The smallest absolute Gasteiger partial charge is 0.264 e. The van der Waals surface area contributed by atoms with Crippen molar-refractivity contribution in [3.05, 3.63) is 47.4 Å². The number of benzene rings is 1. The fourth-order valence-corrected chi connectivity index (χ4v) is 2.90. The number of nitrogens with zero attached hydrogens (tertiary/aromatic N) is 1. The highest BCUT2D eigenvalue weighted by Gasteiger charge is 2.18. The van der Waals surface area contributed by atoms with E-state index in [0.29, 0.717) is 0 Å². The Kier molecular flexibility index (Phi) is 3.59. The van der Waals surface area contributed by atoms with Crippen molar-refractivity contribution < 1.29 is 12.8 Å². The lowest BCUT2D eigenvalue weighted by molar-refractivity contribution is 0.600. The zero-order valence-electron chi connectivity index (χ0n) is 9.47. The molecule has 0 amide bonds. The number of rotatable bonds is 3. The fourth-order valence-electron chi connectivity index (χ4n) is 1.35. The third kappa shape index (κ3) is 3.12. The third-order valence-electron chi connectivity index (χ3n) is 2.21. The molecule has 5 nitrogen and oxygen atoms in total. The molecule has 0 unspecified atom stereocenters. The molecule has 0 spiro atoms. The van der Waals surface area contributed by atoms with Crippen LogP contribution in [0.5, 0.6) is 0 Å². The minimum absolute atomic E-state index is 0.0140. The van der Waals surface area contributed by atoms with Crippen LogP contribution in [0, 0.1) is 5.82 Å². The van der Waals surface area contributed by atoms with Gasteiger partial charge in [0.15, 0.2) is 0 Å². The van der Waals surface area contributed by atoms with E-state index in [1.165, 1.54) is 24.3 Å². The summed E-state index contributed by atoms with van der Waals surface area (Å²) in [5.41, 5.74) is 5.78. The van der Waals surface area contributed by atoms with Crippen molar-refractivity contribution in [2.75, 3.05) is 10.5 Å². The van der Waals surface area contributed by atoms with Gasteiger partial charge >= 0.3 is 0 Å². The van der Waals surface area contributed by atoms with Gasteiger partial charge in [0.1, 0.15) is 16.5 Å². The zero-order chi connectivity index (χ0) is 14.0. The van der Waals surface area contributed by atoms with Gasteiger partial charge in [-0.3, -0.25) is 4.72 Å². The van der Waals surface area contributed by atoms with E-state index in [1.807, 2.05) is 0 Å². The maximum atomic E-state index is 12.7. The van der Waals surface area contributed by atoms with Crippen LogP contribution in [0.1, 0.15) is 0 Å². The molecule has 0 saturated heterocycles. The summed E-state index contributed by atoms with van der Waals surface area (Å²) >= 11 is 5.82. The Morgan fingerprint density at radius 2 is 2.00 bits per heavy atom. The number of nitrogens with one attached hydrogen (secondary N) is 1. The molecular formula is C11H9ClFN3O2S. The number of hydrogen-bond acceptors (Lipinski definition) is 4. The second-order valence-corrected chi connectivity index (χ2v) is 5.72. The normalized spacial score (nSPS) is 11.3. The van der Waals surface area contributed by atoms with E-state index in [9.17, 15) is 12.8 Å². The average Bonchev–Trinajstić information content (AvgIpc) is 2.35. The van der Waals surface area contributed by atoms with Crippen molar-refractivity contribution in [1.82, 2.24) is 4.98 Å². The largest absolute Gasteiger partial charge is 0.399 e. The van der Waals surface area contributed by atoms with E-state index in [1.54, 1.807) is 0 Å². The van der Waals surface area contributed by atoms with E-state index in [2.05, 4.69) is 9.71 Å². The van der Waals surface area contributed by atoms with E-state index in [-0.39, 0.29) is 21.4 Å². The Bertz CT molecular complexity index is 704. The first kappa shape index (κ1) is 13.6. The van der Waals surface area contributed by atoms with Crippen LogP contribution in [-0.2, 0) is 10.0 Å². The highest BCUT2D eigenvalue weighted by Crippen LogP contribution is 2.25. The van der Waals surface area contributed by atoms with Gasteiger partial charge in [-0.25, -0.2) is 17.8 Å². The molecule has 0 atom stereocenters. The Morgan fingerprint density at radius 1 is 1.26 bits per heavy atom. The summed E-state index contributed by atoms with van der Waals surface area (Å²) in [6, 6.07) is 6.38. The van der Waals surface area contributed by atoms with Crippen molar-refractivity contribution >= 4 is 33.1 Å². The Morgan fingerprint density at radius 3 is 2.63 bits per heavy atom. The van der Waals surface area contributed by atoms with E-state index in [0.717, 1.165) is 12.3 Å². The molecule has 2 aromatic rings. The summed E-state index contributed by atoms with van der Waals surface area (Å²) in [6.45, 7) is 0. The van der Waals surface area contributed by atoms with Gasteiger partial charge in [-0.05, 0) is 30.3 Å². The highest BCUT2D eigenvalue weighted by atomic mass is 35.5. The average molecular weight is 302 g/mol. The summed E-state index contributed by atoms with van der Waals surface area (Å²) < 4.78 is 39.0. The Hall–Kier alpha value is -1.86. The number of nitrogen functional groups attached to an aromatic ring is 1. The molecule has 19 heavy (non-hydrogen) atoms. The standard InChI is InChI=1S/C11H9ClFN3O2S/c12-9-3-2-8(14)5-10(9)19(17,18)16-11-4-1-7(13)6-15-11/h1-6H,14H2,(H,15,16). The lowest BCUT2D eigenvalue weighted by Crippen LogP contribution is -2.14. The molecule has 0 aliphatic carbocycles. The van der Waals surface area contributed by atoms with Crippen LogP contribution in [0.2, 0.25) is 5.02 Å². The zero-order valence-corrected chi connectivity index (χ0v) is 11.0. The van der Waals surface area contributed by atoms with E-state index < -0.39 is 15.8 Å². The van der Waals surface area contributed by atoms with Crippen molar-refractivity contribution in [3.63, 3.8) is 0 Å². The molecule has 8 heteroatoms. The van der Waals surface area contributed by atoms with Crippen LogP contribution in [0.3, 0.4) is 0 Å². The van der Waals surface area contributed by atoms with Crippen molar-refractivity contribution in [2.24, 2.45) is 0 Å². The molecule has 2 rings (SSSR count). The van der Waals surface area contributed by atoms with Gasteiger partial charge in [-0.1, -0.05) is 11.6 Å². The maximum absolute atomic E-state index is 12.7. The summed E-state index contributed by atoms with van der Waals surface area (Å²) in [4.78, 5) is 3.44. The lowest BCUT2D eigenvalue weighted by Gasteiger charge is -2.09. The molecule has 0 fully saturated rings. The van der Waals surface area contributed by atoms with Gasteiger partial charge in [0, 0.05) is 5.69 Å². The summed E-state index contributed by atoms with van der Waals surface area (Å²) in [7, 11) is -3.93. The predicted molar refractivity (Wildman–Crippen MR) is 70.9 cm³/mol. The van der Waals surface area contributed by atoms with Crippen molar-refractivity contribution in [2.45, 2.75) is 4.90 Å². The molecule has 0 bridgehead atoms. The molecular weight excluding hydrogens is 293 g/mol. The molecule has 1 aromatic heterocycles. The molecule has 3 N–H and O–H groups in total. The minimum atomic E-state index is -3.93. The van der Waals surface area contributed by atoms with Crippen LogP contribution in [-0.4, -0.2) is 13.4 Å². The van der Waals surface area contributed by atoms with Gasteiger partial charge in [-0.15, -0.1) is 0 Å². The first-order valence-corrected chi connectivity index (χ1v) is 6.94. The van der Waals surface area contributed by atoms with Crippen molar-refractivity contribution in [1.29, 1.82) is 0 Å². The Balaban J connectivity index is 2.37. The van der Waals surface area contributed by atoms with Gasteiger partial charge in [0.2, 0.25) is 0 Å². The molecule has 0 radical (unpaired) electrons. The lowest BCUT2D eigenvalue weighted by atomic mass is 10.3. The number of nitrogens with two attached hydrogens (primary N) is 1. The number of hydrogen-bond donors (Lipinski definition) is 2. The predicted octanol–water partition coefficient (Wildman–Crippen LogP) is 2.26. The summed E-state index contributed by atoms with van der Waals surface area (Å²) in [5, 5.41) is 0.0313. The van der Waals surface area contributed by atoms with Crippen molar-refractivity contribution in [3.8, 4) is 0 Å². The number of sulfonamides is 1. The van der Waals surface area contributed by atoms with Crippen LogP contribution in [0.25, 0.3) is 0 Å². The van der Waals surface area contributed by atoms with Crippen LogP contribution >= 0.6 is 11.6 Å². The highest BCUT2D eigenvalue weighted by molar-refractivity contribution is 7.92. The number of aromatic nitrogens is 1. The molecule has 1 heterocycles. The van der Waals surface area contributed by atoms with Crippen LogP contribution < -0.4 is 10.5 Å². The van der Waals surface area contributed by atoms with Crippen LogP contribution in [0.4, 0.5) is 15.9 Å². The summed E-state index contributed by atoms with van der Waals surface area (Å²) in [5.74, 6) is -0.579. The third-order valence-corrected chi connectivity index (χ3v) is 4.05. The molecule has 100 valence electrons. The molecule has 1 aromatic carbocycles. The maximum Gasteiger partial charge on any atom is 0.264 e. The summed E-state index contributed by atoms with van der Waals surface area (Å²) in [6.07, 6.45) is 0.902. The number of halogens is 2. The first-order valence-electron chi connectivity index (χ1n) is 5.08. The number of anilines is 2. The molecule has 0 saturated carbocycles. The quantitative estimate of drug-likeness (QED) is 0.852.